The number of nitrogens with zero attached hydrogens (tertiary/aromatic N) is 1. The topological polar surface area (TPSA) is 24.5 Å². The van der Waals surface area contributed by atoms with Gasteiger partial charge in [-0.25, -0.2) is 0 Å². The molecule has 3 nitrogen and oxygen atoms in total. The molecule has 2 rings (SSSR count). The van der Waals surface area contributed by atoms with Gasteiger partial charge in [0.15, 0.2) is 0 Å². The van der Waals surface area contributed by atoms with Crippen LogP contribution in [0.25, 0.3) is 0 Å². The van der Waals surface area contributed by atoms with Crippen molar-refractivity contribution in [2.45, 2.75) is 64.1 Å². The summed E-state index contributed by atoms with van der Waals surface area (Å²) in [5.41, 5.74) is 0. The number of ether oxygens (including phenoxy) is 1. The first-order chi connectivity index (χ1) is 8.36. The minimum absolute atomic E-state index is 0.531. The molecule has 0 aromatic heterocycles. The van der Waals surface area contributed by atoms with Gasteiger partial charge in [-0.1, -0.05) is 13.8 Å². The molecule has 1 aliphatic carbocycles. The highest BCUT2D eigenvalue weighted by molar-refractivity contribution is 4.92. The standard InChI is InChI=1S/C14H28N2O/c1-3-8-15-11-12(4-2)16-9-10-17-14-7-5-6-13(14)16/h12-15H,3-11H2,1-2H3. The van der Waals surface area contributed by atoms with Crippen molar-refractivity contribution in [2.24, 2.45) is 0 Å². The van der Waals surface area contributed by atoms with Crippen molar-refractivity contribution in [2.75, 3.05) is 26.2 Å². The van der Waals surface area contributed by atoms with Gasteiger partial charge in [-0.05, 0) is 38.6 Å². The number of nitrogens with one attached hydrogen (secondary N) is 1. The molecule has 0 radical (unpaired) electrons. The van der Waals surface area contributed by atoms with E-state index in [1.807, 2.05) is 0 Å². The Morgan fingerprint density at radius 3 is 3.00 bits per heavy atom. The van der Waals surface area contributed by atoms with E-state index >= 15 is 0 Å². The van der Waals surface area contributed by atoms with Crippen molar-refractivity contribution in [1.82, 2.24) is 10.2 Å². The van der Waals surface area contributed by atoms with Gasteiger partial charge < -0.3 is 10.1 Å². The average molecular weight is 240 g/mol. The zero-order valence-electron chi connectivity index (χ0n) is 11.5. The molecule has 1 N–H and O–H groups in total. The molecule has 1 heterocycles. The second-order valence-corrected chi connectivity index (χ2v) is 5.41. The van der Waals surface area contributed by atoms with Crippen molar-refractivity contribution in [3.63, 3.8) is 0 Å². The van der Waals surface area contributed by atoms with Crippen molar-refractivity contribution in [3.05, 3.63) is 0 Å². The Morgan fingerprint density at radius 1 is 1.35 bits per heavy atom. The van der Waals surface area contributed by atoms with Crippen molar-refractivity contribution < 1.29 is 4.74 Å². The maximum Gasteiger partial charge on any atom is 0.0731 e. The highest BCUT2D eigenvalue weighted by atomic mass is 16.5. The summed E-state index contributed by atoms with van der Waals surface area (Å²) in [5.74, 6) is 0. The SMILES string of the molecule is CCCNCC(CC)N1CCOC2CCCC21. The maximum absolute atomic E-state index is 5.89. The Morgan fingerprint density at radius 2 is 2.24 bits per heavy atom. The van der Waals surface area contributed by atoms with E-state index in [9.17, 15) is 0 Å². The minimum Gasteiger partial charge on any atom is -0.375 e. The van der Waals surface area contributed by atoms with Gasteiger partial charge in [-0.15, -0.1) is 0 Å². The Bertz CT molecular complexity index is 222. The summed E-state index contributed by atoms with van der Waals surface area (Å²) in [4.78, 5) is 2.73. The fourth-order valence-electron chi connectivity index (χ4n) is 3.35. The zero-order valence-corrected chi connectivity index (χ0v) is 11.5. The van der Waals surface area contributed by atoms with Gasteiger partial charge in [0.05, 0.1) is 12.7 Å². The molecular weight excluding hydrogens is 212 g/mol. The van der Waals surface area contributed by atoms with E-state index in [4.69, 9.17) is 4.74 Å². The van der Waals surface area contributed by atoms with E-state index in [1.165, 1.54) is 32.1 Å². The second-order valence-electron chi connectivity index (χ2n) is 5.41. The van der Waals surface area contributed by atoms with E-state index in [-0.39, 0.29) is 0 Å². The van der Waals surface area contributed by atoms with Gasteiger partial charge in [-0.3, -0.25) is 4.90 Å². The van der Waals surface area contributed by atoms with Crippen LogP contribution in [0.2, 0.25) is 0 Å². The summed E-state index contributed by atoms with van der Waals surface area (Å²) in [7, 11) is 0. The lowest BCUT2D eigenvalue weighted by atomic mass is 10.1. The third kappa shape index (κ3) is 3.21. The van der Waals surface area contributed by atoms with Crippen LogP contribution in [0.5, 0.6) is 0 Å². The van der Waals surface area contributed by atoms with Gasteiger partial charge in [0.25, 0.3) is 0 Å². The predicted molar refractivity (Wildman–Crippen MR) is 71.3 cm³/mol. The van der Waals surface area contributed by atoms with E-state index in [0.717, 1.165) is 26.2 Å². The molecule has 0 aromatic carbocycles. The average Bonchev–Trinajstić information content (AvgIpc) is 2.83. The van der Waals surface area contributed by atoms with Crippen LogP contribution in [0.15, 0.2) is 0 Å². The van der Waals surface area contributed by atoms with Crippen LogP contribution >= 0.6 is 0 Å². The molecule has 17 heavy (non-hydrogen) atoms. The first kappa shape index (κ1) is 13.3. The summed E-state index contributed by atoms with van der Waals surface area (Å²) in [6, 6.07) is 1.41. The molecular formula is C14H28N2O. The third-order valence-corrected chi connectivity index (χ3v) is 4.27. The first-order valence-electron chi connectivity index (χ1n) is 7.44. The molecule has 3 unspecified atom stereocenters. The summed E-state index contributed by atoms with van der Waals surface area (Å²) in [5, 5.41) is 3.58. The van der Waals surface area contributed by atoms with Crippen LogP contribution in [0.4, 0.5) is 0 Å². The third-order valence-electron chi connectivity index (χ3n) is 4.27. The number of rotatable bonds is 6. The smallest absolute Gasteiger partial charge is 0.0731 e. The lowest BCUT2D eigenvalue weighted by Gasteiger charge is -2.42. The molecule has 2 fully saturated rings. The lowest BCUT2D eigenvalue weighted by Crippen LogP contribution is -2.55. The maximum atomic E-state index is 5.89. The van der Waals surface area contributed by atoms with Crippen LogP contribution < -0.4 is 5.32 Å². The largest absolute Gasteiger partial charge is 0.375 e. The summed E-state index contributed by atoms with van der Waals surface area (Å²) >= 11 is 0. The van der Waals surface area contributed by atoms with E-state index in [1.54, 1.807) is 0 Å². The normalized spacial score (nSPS) is 31.4. The molecule has 3 heteroatoms. The monoisotopic (exact) mass is 240 g/mol. The fraction of sp³-hybridized carbons (Fsp3) is 1.00. The Hall–Kier alpha value is -0.120. The number of fused-ring (bicyclic) bond motifs is 1. The molecule has 1 aliphatic heterocycles. The molecule has 1 saturated heterocycles. The molecule has 0 aromatic rings. The highest BCUT2D eigenvalue weighted by Crippen LogP contribution is 2.31. The molecule has 0 bridgehead atoms. The number of hydrogen-bond donors (Lipinski definition) is 1. The van der Waals surface area contributed by atoms with Crippen LogP contribution in [0, 0.1) is 0 Å². The Balaban J connectivity index is 1.88. The van der Waals surface area contributed by atoms with E-state index in [0.29, 0.717) is 18.2 Å². The molecule has 100 valence electrons. The van der Waals surface area contributed by atoms with Crippen LogP contribution in [0.1, 0.15) is 46.0 Å². The van der Waals surface area contributed by atoms with Crippen LogP contribution in [-0.2, 0) is 4.74 Å². The molecule has 0 amide bonds. The quantitative estimate of drug-likeness (QED) is 0.719. The highest BCUT2D eigenvalue weighted by Gasteiger charge is 2.38. The van der Waals surface area contributed by atoms with Crippen LogP contribution in [0.3, 0.4) is 0 Å². The van der Waals surface area contributed by atoms with Crippen molar-refractivity contribution >= 4 is 0 Å². The second kappa shape index (κ2) is 6.72. The van der Waals surface area contributed by atoms with E-state index < -0.39 is 0 Å². The van der Waals surface area contributed by atoms with Gasteiger partial charge >= 0.3 is 0 Å². The van der Waals surface area contributed by atoms with Crippen molar-refractivity contribution in [1.29, 1.82) is 0 Å². The first-order valence-corrected chi connectivity index (χ1v) is 7.44. The van der Waals surface area contributed by atoms with Crippen molar-refractivity contribution in [3.8, 4) is 0 Å². The number of hydrogen-bond acceptors (Lipinski definition) is 3. The minimum atomic E-state index is 0.531. The summed E-state index contributed by atoms with van der Waals surface area (Å²) < 4.78 is 5.89. The molecule has 1 saturated carbocycles. The lowest BCUT2D eigenvalue weighted by molar-refractivity contribution is -0.0718. The van der Waals surface area contributed by atoms with Gasteiger partial charge in [0.2, 0.25) is 0 Å². The van der Waals surface area contributed by atoms with E-state index in [2.05, 4.69) is 24.1 Å². The van der Waals surface area contributed by atoms with Gasteiger partial charge in [0, 0.05) is 25.2 Å². The van der Waals surface area contributed by atoms with Crippen LogP contribution in [-0.4, -0.2) is 49.3 Å². The molecule has 2 aliphatic rings. The summed E-state index contributed by atoms with van der Waals surface area (Å²) in [6.07, 6.45) is 6.98. The predicted octanol–water partition coefficient (Wildman–Crippen LogP) is 2.02. The molecule has 3 atom stereocenters. The Kier molecular flexibility index (Phi) is 5.26. The Labute approximate surface area is 106 Å². The van der Waals surface area contributed by atoms with Gasteiger partial charge in [-0.2, -0.15) is 0 Å². The summed E-state index contributed by atoms with van der Waals surface area (Å²) in [6.45, 7) is 8.91. The molecule has 0 spiro atoms. The van der Waals surface area contributed by atoms with Gasteiger partial charge in [0.1, 0.15) is 0 Å². The number of morpholine rings is 1. The fourth-order valence-corrected chi connectivity index (χ4v) is 3.35. The zero-order chi connectivity index (χ0) is 12.1.